The van der Waals surface area contributed by atoms with Crippen LogP contribution in [0.15, 0.2) is 47.6 Å². The highest BCUT2D eigenvalue weighted by Gasteiger charge is 2.26. The summed E-state index contributed by atoms with van der Waals surface area (Å²) in [5.74, 6) is 0.626. The number of nitrogens with one attached hydrogen (secondary N) is 1. The van der Waals surface area contributed by atoms with Crippen LogP contribution >= 0.6 is 0 Å². The number of hydrogen-bond donors (Lipinski definition) is 1. The van der Waals surface area contributed by atoms with Crippen molar-refractivity contribution in [2.24, 2.45) is 0 Å². The van der Waals surface area contributed by atoms with Crippen molar-refractivity contribution in [3.63, 3.8) is 0 Å². The molecular weight excluding hydrogens is 362 g/mol. The average Bonchev–Trinajstić information content (AvgIpc) is 3.12. The standard InChI is InChI=1S/C19H23N5O2S/c1-15-6-5-7-19-22-16(14-24(15)19)12-20-18-9-8-17(13-21-18)27(25,26)23-10-3-2-4-11-23/h5-9,13-14H,2-4,10-12H2,1H3,(H,20,21). The number of piperidine rings is 1. The van der Waals surface area contributed by atoms with Gasteiger partial charge in [-0.3, -0.25) is 0 Å². The van der Waals surface area contributed by atoms with Crippen LogP contribution < -0.4 is 5.32 Å². The summed E-state index contributed by atoms with van der Waals surface area (Å²) >= 11 is 0. The first-order chi connectivity index (χ1) is 13.0. The predicted octanol–water partition coefficient (Wildman–Crippen LogP) is 2.82. The molecule has 142 valence electrons. The van der Waals surface area contributed by atoms with E-state index in [2.05, 4.69) is 15.3 Å². The van der Waals surface area contributed by atoms with Crippen molar-refractivity contribution in [3.8, 4) is 0 Å². The number of aryl methyl sites for hydroxylation is 1. The molecule has 0 spiro atoms. The lowest BCUT2D eigenvalue weighted by molar-refractivity contribution is 0.346. The number of aromatic nitrogens is 3. The predicted molar refractivity (Wildman–Crippen MR) is 104 cm³/mol. The zero-order valence-electron chi connectivity index (χ0n) is 15.3. The number of anilines is 1. The van der Waals surface area contributed by atoms with Crippen LogP contribution in [-0.2, 0) is 16.6 Å². The molecular formula is C19H23N5O2S. The fraction of sp³-hybridized carbons (Fsp3) is 0.368. The molecule has 3 aromatic rings. The molecule has 7 nitrogen and oxygen atoms in total. The third kappa shape index (κ3) is 3.68. The van der Waals surface area contributed by atoms with Gasteiger partial charge in [-0.05, 0) is 44.0 Å². The molecule has 1 N–H and O–H groups in total. The topological polar surface area (TPSA) is 79.6 Å². The molecule has 0 aromatic carbocycles. The van der Waals surface area contributed by atoms with E-state index in [-0.39, 0.29) is 4.90 Å². The van der Waals surface area contributed by atoms with E-state index in [1.165, 1.54) is 6.20 Å². The summed E-state index contributed by atoms with van der Waals surface area (Å²) in [6.45, 7) is 3.74. The molecule has 1 aliphatic rings. The van der Waals surface area contributed by atoms with Gasteiger partial charge in [0.1, 0.15) is 16.4 Å². The summed E-state index contributed by atoms with van der Waals surface area (Å²) < 4.78 is 28.9. The molecule has 4 heterocycles. The van der Waals surface area contributed by atoms with Crippen LogP contribution in [0.4, 0.5) is 5.82 Å². The van der Waals surface area contributed by atoms with E-state index in [9.17, 15) is 8.42 Å². The van der Waals surface area contributed by atoms with Gasteiger partial charge in [-0.1, -0.05) is 12.5 Å². The maximum absolute atomic E-state index is 12.7. The number of nitrogens with zero attached hydrogens (tertiary/aromatic N) is 4. The Hall–Kier alpha value is -2.45. The molecule has 1 fully saturated rings. The van der Waals surface area contributed by atoms with E-state index in [4.69, 9.17) is 0 Å². The molecule has 0 radical (unpaired) electrons. The Morgan fingerprint density at radius 2 is 1.93 bits per heavy atom. The molecule has 1 aliphatic heterocycles. The minimum absolute atomic E-state index is 0.248. The quantitative estimate of drug-likeness (QED) is 0.731. The van der Waals surface area contributed by atoms with Gasteiger partial charge in [0.05, 0.1) is 12.2 Å². The molecule has 0 saturated carbocycles. The Balaban J connectivity index is 1.45. The Bertz CT molecular complexity index is 1040. The highest BCUT2D eigenvalue weighted by atomic mass is 32.2. The third-order valence-electron chi connectivity index (χ3n) is 4.89. The number of fused-ring (bicyclic) bond motifs is 1. The molecule has 3 aromatic heterocycles. The summed E-state index contributed by atoms with van der Waals surface area (Å²) in [6, 6.07) is 9.31. The summed E-state index contributed by atoms with van der Waals surface area (Å²) in [5.41, 5.74) is 2.93. The van der Waals surface area contributed by atoms with Crippen LogP contribution in [0.5, 0.6) is 0 Å². The molecule has 0 unspecified atom stereocenters. The number of sulfonamides is 1. The van der Waals surface area contributed by atoms with Gasteiger partial charge in [0.25, 0.3) is 0 Å². The lowest BCUT2D eigenvalue weighted by Crippen LogP contribution is -2.35. The van der Waals surface area contributed by atoms with Gasteiger partial charge in [0, 0.05) is 31.2 Å². The van der Waals surface area contributed by atoms with E-state index in [1.807, 2.05) is 35.7 Å². The molecule has 8 heteroatoms. The van der Waals surface area contributed by atoms with Crippen molar-refractivity contribution in [2.75, 3.05) is 18.4 Å². The van der Waals surface area contributed by atoms with E-state index in [1.54, 1.807) is 16.4 Å². The van der Waals surface area contributed by atoms with E-state index < -0.39 is 10.0 Å². The molecule has 0 bridgehead atoms. The number of pyridine rings is 2. The Morgan fingerprint density at radius 1 is 1.11 bits per heavy atom. The van der Waals surface area contributed by atoms with Crippen LogP contribution in [-0.4, -0.2) is 40.2 Å². The zero-order chi connectivity index (χ0) is 18.9. The van der Waals surface area contributed by atoms with Gasteiger partial charge in [0.2, 0.25) is 10.0 Å². The van der Waals surface area contributed by atoms with Crippen LogP contribution in [0.25, 0.3) is 5.65 Å². The summed E-state index contributed by atoms with van der Waals surface area (Å²) in [6.07, 6.45) is 6.36. The second-order valence-electron chi connectivity index (χ2n) is 6.83. The van der Waals surface area contributed by atoms with Crippen molar-refractivity contribution in [2.45, 2.75) is 37.6 Å². The van der Waals surface area contributed by atoms with Crippen molar-refractivity contribution in [1.82, 2.24) is 18.7 Å². The fourth-order valence-electron chi connectivity index (χ4n) is 3.36. The van der Waals surface area contributed by atoms with Crippen LogP contribution in [0, 0.1) is 6.92 Å². The fourth-order valence-corrected chi connectivity index (χ4v) is 4.82. The van der Waals surface area contributed by atoms with Crippen molar-refractivity contribution < 1.29 is 8.42 Å². The highest BCUT2D eigenvalue weighted by Crippen LogP contribution is 2.21. The van der Waals surface area contributed by atoms with Gasteiger partial charge >= 0.3 is 0 Å². The van der Waals surface area contributed by atoms with Crippen molar-refractivity contribution in [3.05, 3.63) is 54.1 Å². The molecule has 0 aliphatic carbocycles. The normalized spacial score (nSPS) is 15.9. The molecule has 0 amide bonds. The van der Waals surface area contributed by atoms with E-state index in [0.29, 0.717) is 25.5 Å². The first kappa shape index (κ1) is 17.9. The number of hydrogen-bond acceptors (Lipinski definition) is 5. The summed E-state index contributed by atoms with van der Waals surface area (Å²) in [7, 11) is -3.44. The Labute approximate surface area is 159 Å². The Kier molecular flexibility index (Phi) is 4.84. The van der Waals surface area contributed by atoms with Crippen molar-refractivity contribution >= 4 is 21.5 Å². The van der Waals surface area contributed by atoms with Gasteiger partial charge in [-0.25, -0.2) is 18.4 Å². The zero-order valence-corrected chi connectivity index (χ0v) is 16.1. The highest BCUT2D eigenvalue weighted by molar-refractivity contribution is 7.89. The lowest BCUT2D eigenvalue weighted by atomic mass is 10.2. The van der Waals surface area contributed by atoms with Crippen molar-refractivity contribution in [1.29, 1.82) is 0 Å². The maximum atomic E-state index is 12.7. The van der Waals surface area contributed by atoms with Crippen LogP contribution in [0.2, 0.25) is 0 Å². The minimum atomic E-state index is -3.44. The molecule has 27 heavy (non-hydrogen) atoms. The average molecular weight is 385 g/mol. The van der Waals surface area contributed by atoms with Gasteiger partial charge in [0.15, 0.2) is 0 Å². The van der Waals surface area contributed by atoms with Gasteiger partial charge < -0.3 is 9.72 Å². The second-order valence-corrected chi connectivity index (χ2v) is 8.76. The second kappa shape index (κ2) is 7.28. The largest absolute Gasteiger partial charge is 0.364 e. The Morgan fingerprint density at radius 3 is 2.63 bits per heavy atom. The van der Waals surface area contributed by atoms with E-state index >= 15 is 0 Å². The van der Waals surface area contributed by atoms with Crippen LogP contribution in [0.3, 0.4) is 0 Å². The third-order valence-corrected chi connectivity index (χ3v) is 6.77. The summed E-state index contributed by atoms with van der Waals surface area (Å²) in [4.78, 5) is 9.10. The SMILES string of the molecule is Cc1cccc2nc(CNc3ccc(S(=O)(=O)N4CCCCC4)cn3)cn12. The lowest BCUT2D eigenvalue weighted by Gasteiger charge is -2.25. The summed E-state index contributed by atoms with van der Waals surface area (Å²) in [5, 5.41) is 3.20. The molecule has 0 atom stereocenters. The van der Waals surface area contributed by atoms with Crippen LogP contribution in [0.1, 0.15) is 30.7 Å². The maximum Gasteiger partial charge on any atom is 0.244 e. The minimum Gasteiger partial charge on any atom is -0.364 e. The molecule has 1 saturated heterocycles. The smallest absolute Gasteiger partial charge is 0.244 e. The first-order valence-corrected chi connectivity index (χ1v) is 10.6. The van der Waals surface area contributed by atoms with E-state index in [0.717, 1.165) is 36.3 Å². The first-order valence-electron chi connectivity index (χ1n) is 9.18. The number of rotatable bonds is 5. The van der Waals surface area contributed by atoms with Gasteiger partial charge in [-0.2, -0.15) is 4.31 Å². The molecule has 4 rings (SSSR count). The monoisotopic (exact) mass is 385 g/mol. The number of imidazole rings is 1. The van der Waals surface area contributed by atoms with Gasteiger partial charge in [-0.15, -0.1) is 0 Å².